The summed E-state index contributed by atoms with van der Waals surface area (Å²) in [4.78, 5) is 44.5. The minimum Gasteiger partial charge on any atom is -0.348 e. The highest BCUT2D eigenvalue weighted by molar-refractivity contribution is 6.12. The van der Waals surface area contributed by atoms with Crippen LogP contribution in [0.2, 0.25) is 0 Å². The number of rotatable bonds is 4. The molecule has 0 spiro atoms. The Kier molecular flexibility index (Phi) is 5.00. The van der Waals surface area contributed by atoms with E-state index in [-0.39, 0.29) is 23.6 Å². The van der Waals surface area contributed by atoms with Gasteiger partial charge >= 0.3 is 0 Å². The summed E-state index contributed by atoms with van der Waals surface area (Å²) in [7, 11) is 0. The van der Waals surface area contributed by atoms with E-state index >= 15 is 0 Å². The first-order chi connectivity index (χ1) is 14.7. The highest BCUT2D eigenvalue weighted by Crippen LogP contribution is 2.46. The second-order valence-electron chi connectivity index (χ2n) is 8.41. The second-order valence-corrected chi connectivity index (χ2v) is 8.41. The Balaban J connectivity index is 1.80. The average molecular weight is 416 g/mol. The fourth-order valence-corrected chi connectivity index (χ4v) is 3.61. The van der Waals surface area contributed by atoms with Gasteiger partial charge < -0.3 is 5.32 Å². The van der Waals surface area contributed by atoms with Crippen LogP contribution in [-0.2, 0) is 10.2 Å². The number of carbonyl (C=O) groups is 2. The van der Waals surface area contributed by atoms with E-state index in [4.69, 9.17) is 0 Å². The molecule has 0 unspecified atom stereocenters. The summed E-state index contributed by atoms with van der Waals surface area (Å²) in [5.41, 5.74) is 2.75. The quantitative estimate of drug-likeness (QED) is 0.700. The summed E-state index contributed by atoms with van der Waals surface area (Å²) in [6.07, 6.45) is 6.41. The first-order valence-corrected chi connectivity index (χ1v) is 10.1. The second kappa shape index (κ2) is 7.54. The lowest BCUT2D eigenvalue weighted by Gasteiger charge is -2.20. The molecule has 0 atom stereocenters. The lowest BCUT2D eigenvalue weighted by atomic mass is 9.85. The van der Waals surface area contributed by atoms with Crippen molar-refractivity contribution in [1.82, 2.24) is 25.3 Å². The zero-order valence-electron chi connectivity index (χ0n) is 18.2. The predicted molar refractivity (Wildman–Crippen MR) is 117 cm³/mol. The zero-order chi connectivity index (χ0) is 22.3. The number of nitrogens with one attached hydrogen (secondary N) is 1. The number of benzene rings is 1. The Morgan fingerprint density at radius 2 is 1.77 bits per heavy atom. The van der Waals surface area contributed by atoms with Gasteiger partial charge in [0.1, 0.15) is 11.5 Å². The summed E-state index contributed by atoms with van der Waals surface area (Å²) in [5, 5.41) is 2.80. The van der Waals surface area contributed by atoms with Gasteiger partial charge in [-0.1, -0.05) is 12.1 Å². The fourth-order valence-electron chi connectivity index (χ4n) is 3.61. The van der Waals surface area contributed by atoms with Gasteiger partial charge in [0.2, 0.25) is 5.91 Å². The Hall–Kier alpha value is -3.68. The van der Waals surface area contributed by atoms with E-state index in [9.17, 15) is 9.59 Å². The predicted octanol–water partition coefficient (Wildman–Crippen LogP) is 3.34. The summed E-state index contributed by atoms with van der Waals surface area (Å²) in [5.74, 6) is 0.539. The molecule has 0 radical (unpaired) electrons. The van der Waals surface area contributed by atoms with Crippen molar-refractivity contribution in [1.29, 1.82) is 0 Å². The number of hydrogen-bond acceptors (Lipinski definition) is 6. The van der Waals surface area contributed by atoms with Crippen LogP contribution in [0.4, 0.5) is 11.5 Å². The summed E-state index contributed by atoms with van der Waals surface area (Å²) < 4.78 is 0. The van der Waals surface area contributed by atoms with Crippen molar-refractivity contribution in [3.63, 3.8) is 0 Å². The van der Waals surface area contributed by atoms with Crippen molar-refractivity contribution in [3.05, 3.63) is 60.1 Å². The standard InChI is InChI=1S/C23H24N6O2/c1-13(2)27-21(30)18-11-24-12-20(28-18)29-19-8-15(16-9-25-14(3)26-10-16)6-7-17(19)23(4,5)22(29)31/h6-13H,1-5H3,(H,27,30). The highest BCUT2D eigenvalue weighted by atomic mass is 16.2. The molecule has 0 saturated heterocycles. The molecule has 0 fully saturated rings. The van der Waals surface area contributed by atoms with Crippen LogP contribution >= 0.6 is 0 Å². The van der Waals surface area contributed by atoms with Gasteiger partial charge in [-0.3, -0.25) is 19.5 Å². The molecule has 1 N–H and O–H groups in total. The molecule has 2 aromatic heterocycles. The number of amides is 2. The van der Waals surface area contributed by atoms with Crippen LogP contribution in [0.5, 0.6) is 0 Å². The molecule has 8 heteroatoms. The van der Waals surface area contributed by atoms with Gasteiger partial charge in [0.25, 0.3) is 5.91 Å². The summed E-state index contributed by atoms with van der Waals surface area (Å²) in [6.45, 7) is 9.33. The van der Waals surface area contributed by atoms with Gasteiger partial charge in [0.05, 0.1) is 23.5 Å². The molecule has 1 aliphatic rings. The van der Waals surface area contributed by atoms with Crippen molar-refractivity contribution in [3.8, 4) is 11.1 Å². The van der Waals surface area contributed by atoms with Crippen molar-refractivity contribution in [2.24, 2.45) is 0 Å². The molecule has 31 heavy (non-hydrogen) atoms. The number of carbonyl (C=O) groups excluding carboxylic acids is 2. The number of fused-ring (bicyclic) bond motifs is 1. The molecule has 0 bridgehead atoms. The lowest BCUT2D eigenvalue weighted by Crippen LogP contribution is -2.34. The first-order valence-electron chi connectivity index (χ1n) is 10.1. The number of aromatic nitrogens is 4. The SMILES string of the molecule is Cc1ncc(-c2ccc3c(c2)N(c2cncc(C(=O)NC(C)C)n2)C(=O)C3(C)C)cn1. The number of anilines is 2. The maximum Gasteiger partial charge on any atom is 0.271 e. The van der Waals surface area contributed by atoms with Gasteiger partial charge in [0.15, 0.2) is 5.82 Å². The normalized spacial score (nSPS) is 14.6. The molecule has 8 nitrogen and oxygen atoms in total. The number of aryl methyl sites for hydroxylation is 1. The van der Waals surface area contributed by atoms with Gasteiger partial charge in [-0.2, -0.15) is 0 Å². The van der Waals surface area contributed by atoms with E-state index in [0.717, 1.165) is 16.7 Å². The Labute approximate surface area is 180 Å². The molecule has 1 aromatic carbocycles. The monoisotopic (exact) mass is 416 g/mol. The molecule has 158 valence electrons. The van der Waals surface area contributed by atoms with Crippen LogP contribution in [0.3, 0.4) is 0 Å². The van der Waals surface area contributed by atoms with Crippen LogP contribution in [0, 0.1) is 6.92 Å². The van der Waals surface area contributed by atoms with Crippen molar-refractivity contribution < 1.29 is 9.59 Å². The van der Waals surface area contributed by atoms with Crippen molar-refractivity contribution in [2.75, 3.05) is 4.90 Å². The van der Waals surface area contributed by atoms with E-state index in [1.54, 1.807) is 12.4 Å². The maximum atomic E-state index is 13.4. The maximum absolute atomic E-state index is 13.4. The van der Waals surface area contributed by atoms with Crippen LogP contribution in [-0.4, -0.2) is 37.8 Å². The van der Waals surface area contributed by atoms with E-state index < -0.39 is 5.41 Å². The molecule has 3 aromatic rings. The van der Waals surface area contributed by atoms with E-state index in [1.165, 1.54) is 17.3 Å². The molecule has 3 heterocycles. The highest BCUT2D eigenvalue weighted by Gasteiger charge is 2.45. The number of hydrogen-bond donors (Lipinski definition) is 1. The Morgan fingerprint density at radius 1 is 1.06 bits per heavy atom. The molecule has 1 aliphatic heterocycles. The van der Waals surface area contributed by atoms with Gasteiger partial charge in [0, 0.05) is 24.0 Å². The Bertz CT molecular complexity index is 1170. The minimum absolute atomic E-state index is 0.0367. The van der Waals surface area contributed by atoms with Crippen molar-refractivity contribution >= 4 is 23.3 Å². The molecular weight excluding hydrogens is 392 g/mol. The molecular formula is C23H24N6O2. The Morgan fingerprint density at radius 3 is 2.45 bits per heavy atom. The van der Waals surface area contributed by atoms with Crippen LogP contribution in [0.1, 0.15) is 49.6 Å². The smallest absolute Gasteiger partial charge is 0.271 e. The van der Waals surface area contributed by atoms with Crippen LogP contribution < -0.4 is 10.2 Å². The van der Waals surface area contributed by atoms with Gasteiger partial charge in [-0.25, -0.2) is 15.0 Å². The van der Waals surface area contributed by atoms with Gasteiger partial charge in [-0.05, 0) is 51.8 Å². The molecule has 2 amide bonds. The summed E-state index contributed by atoms with van der Waals surface area (Å²) in [6, 6.07) is 5.80. The lowest BCUT2D eigenvalue weighted by molar-refractivity contribution is -0.121. The first kappa shape index (κ1) is 20.6. The minimum atomic E-state index is -0.741. The van der Waals surface area contributed by atoms with E-state index in [2.05, 4.69) is 25.3 Å². The largest absolute Gasteiger partial charge is 0.348 e. The third kappa shape index (κ3) is 3.65. The van der Waals surface area contributed by atoms with Crippen molar-refractivity contribution in [2.45, 2.75) is 46.1 Å². The van der Waals surface area contributed by atoms with Crippen LogP contribution in [0.15, 0.2) is 43.0 Å². The third-order valence-electron chi connectivity index (χ3n) is 5.27. The van der Waals surface area contributed by atoms with Crippen LogP contribution in [0.25, 0.3) is 11.1 Å². The third-order valence-corrected chi connectivity index (χ3v) is 5.27. The molecule has 4 rings (SSSR count). The average Bonchev–Trinajstić information content (AvgIpc) is 2.93. The zero-order valence-corrected chi connectivity index (χ0v) is 18.2. The van der Waals surface area contributed by atoms with Gasteiger partial charge in [-0.15, -0.1) is 0 Å². The molecule has 0 aliphatic carbocycles. The summed E-state index contributed by atoms with van der Waals surface area (Å²) >= 11 is 0. The topological polar surface area (TPSA) is 101 Å². The molecule has 0 saturated carbocycles. The fraction of sp³-hybridized carbons (Fsp3) is 0.304. The number of nitrogens with zero attached hydrogens (tertiary/aromatic N) is 5. The van der Waals surface area contributed by atoms with E-state index in [1.807, 2.05) is 52.8 Å². The van der Waals surface area contributed by atoms with E-state index in [0.29, 0.717) is 17.3 Å².